The Hall–Kier alpha value is -2.65. The van der Waals surface area contributed by atoms with E-state index in [1.165, 1.54) is 23.4 Å². The molecule has 3 nitrogen and oxygen atoms in total. The maximum Gasteiger partial charge on any atom is 0.323 e. The smallest absolute Gasteiger partial charge is 0.323 e. The normalized spacial score (nSPS) is 12.0. The van der Waals surface area contributed by atoms with E-state index in [4.69, 9.17) is 4.74 Å². The summed E-state index contributed by atoms with van der Waals surface area (Å²) >= 11 is 0. The Balaban J connectivity index is 1.76. The molecular formula is C21H21NO2. The molecule has 24 heavy (non-hydrogen) atoms. The number of nitrogens with one attached hydrogen (secondary N) is 1. The van der Waals surface area contributed by atoms with Crippen LogP contribution in [0.4, 0.5) is 0 Å². The van der Waals surface area contributed by atoms with E-state index in [0.717, 1.165) is 5.56 Å². The largest absolute Gasteiger partial charge is 0.468 e. The number of methoxy groups -OCH3 is 1. The van der Waals surface area contributed by atoms with Crippen LogP contribution in [-0.4, -0.2) is 19.1 Å². The van der Waals surface area contributed by atoms with Crippen LogP contribution in [0, 0.1) is 0 Å². The molecule has 3 aromatic carbocycles. The van der Waals surface area contributed by atoms with Crippen molar-refractivity contribution in [3.05, 3.63) is 83.9 Å². The first kappa shape index (κ1) is 16.2. The summed E-state index contributed by atoms with van der Waals surface area (Å²) in [6.07, 6.45) is 0.609. The third-order valence-electron chi connectivity index (χ3n) is 4.19. The predicted molar refractivity (Wildman–Crippen MR) is 96.7 cm³/mol. The van der Waals surface area contributed by atoms with Gasteiger partial charge in [0.25, 0.3) is 0 Å². The number of rotatable bonds is 6. The van der Waals surface area contributed by atoms with Gasteiger partial charge in [-0.25, -0.2) is 0 Å². The molecule has 0 saturated heterocycles. The lowest BCUT2D eigenvalue weighted by molar-refractivity contribution is -0.143. The average Bonchev–Trinajstić information content (AvgIpc) is 2.65. The summed E-state index contributed by atoms with van der Waals surface area (Å²) in [5.41, 5.74) is 2.29. The lowest BCUT2D eigenvalue weighted by Gasteiger charge is -2.17. The molecule has 0 heterocycles. The lowest BCUT2D eigenvalue weighted by Crippen LogP contribution is -2.39. The standard InChI is InChI=1S/C21H21NO2/c1-24-21(23)20(14-16-8-3-2-4-9-16)22-15-18-12-7-11-17-10-5-6-13-19(17)18/h2-13,20,22H,14-15H2,1H3/t20-/m0/s1. The van der Waals surface area contributed by atoms with Crippen molar-refractivity contribution >= 4 is 16.7 Å². The van der Waals surface area contributed by atoms with Gasteiger partial charge in [0.1, 0.15) is 6.04 Å². The fraction of sp³-hybridized carbons (Fsp3) is 0.190. The molecule has 3 rings (SSSR count). The molecule has 0 bridgehead atoms. The number of esters is 1. The highest BCUT2D eigenvalue weighted by atomic mass is 16.5. The third kappa shape index (κ3) is 3.81. The van der Waals surface area contributed by atoms with E-state index in [0.29, 0.717) is 13.0 Å². The van der Waals surface area contributed by atoms with E-state index in [-0.39, 0.29) is 12.0 Å². The van der Waals surface area contributed by atoms with Gasteiger partial charge >= 0.3 is 5.97 Å². The van der Waals surface area contributed by atoms with Crippen molar-refractivity contribution in [1.29, 1.82) is 0 Å². The van der Waals surface area contributed by atoms with Gasteiger partial charge in [0, 0.05) is 6.54 Å². The quantitative estimate of drug-likeness (QED) is 0.704. The number of carbonyl (C=O) groups is 1. The number of benzene rings is 3. The van der Waals surface area contributed by atoms with Crippen LogP contribution in [0.2, 0.25) is 0 Å². The second-order valence-electron chi connectivity index (χ2n) is 5.78. The molecule has 0 radical (unpaired) electrons. The summed E-state index contributed by atoms with van der Waals surface area (Å²) in [7, 11) is 1.43. The van der Waals surface area contributed by atoms with E-state index >= 15 is 0 Å². The number of hydrogen-bond acceptors (Lipinski definition) is 3. The van der Waals surface area contributed by atoms with Crippen molar-refractivity contribution in [3.8, 4) is 0 Å². The third-order valence-corrected chi connectivity index (χ3v) is 4.19. The molecule has 0 fully saturated rings. The molecule has 122 valence electrons. The zero-order valence-corrected chi connectivity index (χ0v) is 13.7. The fourth-order valence-electron chi connectivity index (χ4n) is 2.91. The zero-order chi connectivity index (χ0) is 16.8. The van der Waals surface area contributed by atoms with Crippen LogP contribution in [-0.2, 0) is 22.5 Å². The Bertz CT molecular complexity index is 809. The Morgan fingerprint density at radius 3 is 2.46 bits per heavy atom. The summed E-state index contributed by atoms with van der Waals surface area (Å²) < 4.78 is 4.96. The number of hydrogen-bond donors (Lipinski definition) is 1. The molecular weight excluding hydrogens is 298 g/mol. The molecule has 0 unspecified atom stereocenters. The number of fused-ring (bicyclic) bond motifs is 1. The fourth-order valence-corrected chi connectivity index (χ4v) is 2.91. The number of ether oxygens (including phenoxy) is 1. The molecule has 0 aliphatic rings. The predicted octanol–water partition coefficient (Wildman–Crippen LogP) is 3.71. The van der Waals surface area contributed by atoms with Crippen molar-refractivity contribution < 1.29 is 9.53 Å². The van der Waals surface area contributed by atoms with Crippen LogP contribution >= 0.6 is 0 Å². The van der Waals surface area contributed by atoms with Gasteiger partial charge in [0.05, 0.1) is 7.11 Å². The summed E-state index contributed by atoms with van der Waals surface area (Å²) in [6.45, 7) is 0.619. The topological polar surface area (TPSA) is 38.3 Å². The molecule has 0 spiro atoms. The van der Waals surface area contributed by atoms with Gasteiger partial charge in [0.2, 0.25) is 0 Å². The zero-order valence-electron chi connectivity index (χ0n) is 13.7. The van der Waals surface area contributed by atoms with Gasteiger partial charge in [-0.3, -0.25) is 10.1 Å². The molecule has 1 N–H and O–H groups in total. The minimum Gasteiger partial charge on any atom is -0.468 e. The van der Waals surface area contributed by atoms with Crippen LogP contribution in [0.3, 0.4) is 0 Å². The maximum atomic E-state index is 12.1. The summed E-state index contributed by atoms with van der Waals surface area (Å²) in [6, 6.07) is 24.1. The molecule has 1 atom stereocenters. The SMILES string of the molecule is COC(=O)[C@H](Cc1ccccc1)NCc1cccc2ccccc12. The summed E-state index contributed by atoms with van der Waals surface area (Å²) in [4.78, 5) is 12.1. The van der Waals surface area contributed by atoms with Crippen molar-refractivity contribution in [2.45, 2.75) is 19.0 Å². The van der Waals surface area contributed by atoms with E-state index in [1.54, 1.807) is 0 Å². The second-order valence-corrected chi connectivity index (χ2v) is 5.78. The van der Waals surface area contributed by atoms with Crippen molar-refractivity contribution in [2.75, 3.05) is 7.11 Å². The lowest BCUT2D eigenvalue weighted by atomic mass is 10.0. The van der Waals surface area contributed by atoms with Gasteiger partial charge in [0.15, 0.2) is 0 Å². The van der Waals surface area contributed by atoms with E-state index in [2.05, 4.69) is 29.6 Å². The summed E-state index contributed by atoms with van der Waals surface area (Å²) in [5.74, 6) is -0.237. The first-order chi connectivity index (χ1) is 11.8. The second kappa shape index (κ2) is 7.75. The molecule has 0 amide bonds. The Kier molecular flexibility index (Phi) is 5.24. The van der Waals surface area contributed by atoms with Crippen molar-refractivity contribution in [2.24, 2.45) is 0 Å². The van der Waals surface area contributed by atoms with E-state index in [9.17, 15) is 4.79 Å². The van der Waals surface area contributed by atoms with Gasteiger partial charge in [-0.2, -0.15) is 0 Å². The molecule has 3 heteroatoms. The highest BCUT2D eigenvalue weighted by Crippen LogP contribution is 2.18. The monoisotopic (exact) mass is 319 g/mol. The van der Waals surface area contributed by atoms with Gasteiger partial charge in [-0.05, 0) is 28.3 Å². The minimum absolute atomic E-state index is 0.237. The number of carbonyl (C=O) groups excluding carboxylic acids is 1. The van der Waals surface area contributed by atoms with Crippen LogP contribution in [0.1, 0.15) is 11.1 Å². The molecule has 0 aliphatic heterocycles. The Labute approximate surface area is 142 Å². The summed E-state index contributed by atoms with van der Waals surface area (Å²) in [5, 5.41) is 5.76. The van der Waals surface area contributed by atoms with Crippen LogP contribution < -0.4 is 5.32 Å². The first-order valence-corrected chi connectivity index (χ1v) is 8.09. The average molecular weight is 319 g/mol. The van der Waals surface area contributed by atoms with Crippen molar-refractivity contribution in [3.63, 3.8) is 0 Å². The molecule has 3 aromatic rings. The van der Waals surface area contributed by atoms with Gasteiger partial charge < -0.3 is 4.74 Å². The highest BCUT2D eigenvalue weighted by Gasteiger charge is 2.19. The molecule has 0 aromatic heterocycles. The Morgan fingerprint density at radius 2 is 1.67 bits per heavy atom. The first-order valence-electron chi connectivity index (χ1n) is 8.09. The van der Waals surface area contributed by atoms with Gasteiger partial charge in [-0.1, -0.05) is 72.8 Å². The minimum atomic E-state index is -0.364. The van der Waals surface area contributed by atoms with E-state index < -0.39 is 0 Å². The Morgan fingerprint density at radius 1 is 0.958 bits per heavy atom. The van der Waals surface area contributed by atoms with E-state index in [1.807, 2.05) is 48.5 Å². The van der Waals surface area contributed by atoms with Crippen LogP contribution in [0.5, 0.6) is 0 Å². The van der Waals surface area contributed by atoms with Gasteiger partial charge in [-0.15, -0.1) is 0 Å². The van der Waals surface area contributed by atoms with Crippen LogP contribution in [0.25, 0.3) is 10.8 Å². The van der Waals surface area contributed by atoms with Crippen LogP contribution in [0.15, 0.2) is 72.8 Å². The highest BCUT2D eigenvalue weighted by molar-refractivity contribution is 5.85. The van der Waals surface area contributed by atoms with Crippen molar-refractivity contribution in [1.82, 2.24) is 5.32 Å². The molecule has 0 saturated carbocycles. The molecule has 0 aliphatic carbocycles. The maximum absolute atomic E-state index is 12.1.